The number of ether oxygens (including phenoxy) is 4. The lowest BCUT2D eigenvalue weighted by Crippen LogP contribution is -2.61. The molecule has 0 aromatic carbocycles. The molecule has 0 heterocycles. The van der Waals surface area contributed by atoms with Gasteiger partial charge in [-0.25, -0.2) is 0 Å². The third-order valence-corrected chi connectivity index (χ3v) is 16.0. The maximum Gasteiger partial charge on any atom is 0.191 e. The van der Waals surface area contributed by atoms with Gasteiger partial charge in [0.05, 0.1) is 11.7 Å². The third kappa shape index (κ3) is 9.32. The topological polar surface area (TPSA) is 46.2 Å². The fourth-order valence-corrected chi connectivity index (χ4v) is 9.33. The Balaban J connectivity index is 2.54. The molecule has 1 unspecified atom stereocenters. The van der Waals surface area contributed by atoms with Gasteiger partial charge in [-0.1, -0.05) is 66.7 Å². The summed E-state index contributed by atoms with van der Waals surface area (Å²) in [6.07, 6.45) is 13.6. The van der Waals surface area contributed by atoms with Gasteiger partial charge in [0.25, 0.3) is 0 Å². The van der Waals surface area contributed by atoms with Crippen molar-refractivity contribution in [2.24, 2.45) is 40.9 Å². The number of hydrogen-bond acceptors (Lipinski definition) is 5. The van der Waals surface area contributed by atoms with Crippen molar-refractivity contribution in [3.8, 4) is 11.8 Å². The fraction of sp³-hybridized carbons (Fsp3) is 0.842. The van der Waals surface area contributed by atoms with E-state index in [1.54, 1.807) is 14.2 Å². The largest absolute Gasteiger partial charge is 0.417 e. The highest BCUT2D eigenvalue weighted by Gasteiger charge is 2.64. The molecule has 2 saturated carbocycles. The highest BCUT2D eigenvalue weighted by atomic mass is 28.4. The van der Waals surface area contributed by atoms with Crippen molar-refractivity contribution in [1.82, 2.24) is 0 Å². The van der Waals surface area contributed by atoms with Crippen LogP contribution in [-0.4, -0.2) is 54.4 Å². The quantitative estimate of drug-likeness (QED) is 0.0652. The summed E-state index contributed by atoms with van der Waals surface area (Å²) in [4.78, 5) is 0. The monoisotopic (exact) mass is 632 g/mol. The highest BCUT2D eigenvalue weighted by Crippen LogP contribution is 2.65. The first kappa shape index (κ1) is 39.2. The van der Waals surface area contributed by atoms with Crippen molar-refractivity contribution < 1.29 is 23.4 Å². The average molecular weight is 633 g/mol. The van der Waals surface area contributed by atoms with E-state index in [0.29, 0.717) is 23.7 Å². The van der Waals surface area contributed by atoms with Crippen molar-refractivity contribution >= 4 is 8.32 Å². The van der Waals surface area contributed by atoms with Crippen molar-refractivity contribution in [3.05, 3.63) is 24.8 Å². The van der Waals surface area contributed by atoms with E-state index in [1.165, 1.54) is 6.42 Å². The Bertz CT molecular complexity index is 958. The molecule has 2 rings (SSSR count). The summed E-state index contributed by atoms with van der Waals surface area (Å²) in [5, 5.41) is 0.209. The molecule has 2 fully saturated rings. The number of methoxy groups -OCH3 is 2. The number of rotatable bonds is 18. The van der Waals surface area contributed by atoms with Crippen LogP contribution in [0.5, 0.6) is 0 Å². The van der Waals surface area contributed by atoms with E-state index in [4.69, 9.17) is 23.4 Å². The molecule has 0 N–H and O–H groups in total. The summed E-state index contributed by atoms with van der Waals surface area (Å²) in [6, 6.07) is 0. The summed E-state index contributed by atoms with van der Waals surface area (Å²) < 4.78 is 31.7. The van der Waals surface area contributed by atoms with Crippen LogP contribution in [0.25, 0.3) is 0 Å². The maximum absolute atomic E-state index is 7.00. The van der Waals surface area contributed by atoms with Gasteiger partial charge in [0.15, 0.2) is 8.32 Å². The molecule has 254 valence electrons. The standard InChI is InChI=1S/C38H68O5Si/c1-14-16-19-31(20-17-18-29(3)4)35(41-27-39-10)33-23-25-37(9)32(30(5)26-43-44(12,13)36(6,7)8)21-22-34(37)38(33,24-15-2)42-28-40-11/h15,17-18,29-35H,2,19-28H2,1,3-13H3/b18-17+/t30-,31+,32-,33+,34?,35+,37-,38+/m1/s1. The number of fused-ring (bicyclic) bond motifs is 1. The first-order valence-corrected chi connectivity index (χ1v) is 20.1. The molecule has 2 aliphatic rings. The zero-order valence-electron chi connectivity index (χ0n) is 30.6. The minimum atomic E-state index is -1.83. The van der Waals surface area contributed by atoms with E-state index >= 15 is 0 Å². The average Bonchev–Trinajstić information content (AvgIpc) is 3.31. The Labute approximate surface area is 273 Å². The molecule has 6 heteroatoms. The van der Waals surface area contributed by atoms with E-state index in [1.807, 2.05) is 6.92 Å². The van der Waals surface area contributed by atoms with Crippen LogP contribution in [-0.2, 0) is 23.4 Å². The summed E-state index contributed by atoms with van der Waals surface area (Å²) >= 11 is 0. The van der Waals surface area contributed by atoms with E-state index in [-0.39, 0.29) is 42.0 Å². The van der Waals surface area contributed by atoms with E-state index in [9.17, 15) is 0 Å². The van der Waals surface area contributed by atoms with Crippen molar-refractivity contribution in [2.45, 2.75) is 130 Å². The van der Waals surface area contributed by atoms with E-state index in [0.717, 1.165) is 45.1 Å². The lowest BCUT2D eigenvalue weighted by Gasteiger charge is -2.58. The van der Waals surface area contributed by atoms with Crippen LogP contribution in [0, 0.1) is 52.8 Å². The first-order chi connectivity index (χ1) is 20.6. The molecule has 0 spiro atoms. The summed E-state index contributed by atoms with van der Waals surface area (Å²) in [6.45, 7) is 28.7. The number of allylic oxidation sites excluding steroid dienone is 2. The molecule has 5 nitrogen and oxygen atoms in total. The Morgan fingerprint density at radius 1 is 1.02 bits per heavy atom. The minimum Gasteiger partial charge on any atom is -0.417 e. The van der Waals surface area contributed by atoms with Gasteiger partial charge in [-0.2, -0.15) is 0 Å². The molecule has 0 aromatic heterocycles. The smallest absolute Gasteiger partial charge is 0.191 e. The third-order valence-electron chi connectivity index (χ3n) is 11.5. The first-order valence-electron chi connectivity index (χ1n) is 17.2. The summed E-state index contributed by atoms with van der Waals surface area (Å²) in [5.74, 6) is 8.85. The van der Waals surface area contributed by atoms with E-state index in [2.05, 4.69) is 98.2 Å². The van der Waals surface area contributed by atoms with Gasteiger partial charge in [0.2, 0.25) is 0 Å². The number of hydrogen-bond donors (Lipinski definition) is 0. The molecule has 0 aliphatic heterocycles. The molecule has 2 aliphatic carbocycles. The van der Waals surface area contributed by atoms with Gasteiger partial charge in [-0.15, -0.1) is 18.4 Å². The Morgan fingerprint density at radius 3 is 2.27 bits per heavy atom. The van der Waals surface area contributed by atoms with Crippen LogP contribution in [0.3, 0.4) is 0 Å². The molecule has 8 atom stereocenters. The molecule has 0 aromatic rings. The Kier molecular flexibility index (Phi) is 15.4. The van der Waals surface area contributed by atoms with Crippen LogP contribution in [0.2, 0.25) is 18.1 Å². The predicted molar refractivity (Wildman–Crippen MR) is 187 cm³/mol. The molecule has 44 heavy (non-hydrogen) atoms. The molecule has 0 bridgehead atoms. The van der Waals surface area contributed by atoms with Crippen LogP contribution in [0.1, 0.15) is 100 Å². The molecule has 0 saturated heterocycles. The van der Waals surface area contributed by atoms with Crippen LogP contribution < -0.4 is 0 Å². The van der Waals surface area contributed by atoms with Gasteiger partial charge in [0, 0.05) is 33.2 Å². The van der Waals surface area contributed by atoms with Gasteiger partial charge in [0.1, 0.15) is 13.6 Å². The van der Waals surface area contributed by atoms with Crippen LogP contribution in [0.4, 0.5) is 0 Å². The lowest BCUT2D eigenvalue weighted by atomic mass is 9.52. The summed E-state index contributed by atoms with van der Waals surface area (Å²) in [7, 11) is 1.61. The predicted octanol–water partition coefficient (Wildman–Crippen LogP) is 9.64. The van der Waals surface area contributed by atoms with Crippen molar-refractivity contribution in [3.63, 3.8) is 0 Å². The van der Waals surface area contributed by atoms with Gasteiger partial charge < -0.3 is 23.4 Å². The van der Waals surface area contributed by atoms with Crippen LogP contribution in [0.15, 0.2) is 24.8 Å². The normalized spacial score (nSPS) is 29.7. The summed E-state index contributed by atoms with van der Waals surface area (Å²) in [5.41, 5.74) is -0.316. The fourth-order valence-electron chi connectivity index (χ4n) is 8.22. The second-order valence-corrected chi connectivity index (χ2v) is 20.6. The van der Waals surface area contributed by atoms with Crippen LogP contribution >= 0.6 is 0 Å². The molecule has 0 amide bonds. The van der Waals surface area contributed by atoms with Gasteiger partial charge >= 0.3 is 0 Å². The maximum atomic E-state index is 7.00. The molecular weight excluding hydrogens is 564 g/mol. The zero-order chi connectivity index (χ0) is 33.2. The SMILES string of the molecule is C=CC[C@@]1(OCOC)C2CC[C@H]([C@H](C)CO[Si](C)(C)C(C)(C)C)[C@@]2(C)CC[C@H]1[C@@H](OCOC)[C@@H](CC#CC)C/C=C/C(C)C. The lowest BCUT2D eigenvalue weighted by molar-refractivity contribution is -0.252. The van der Waals surface area contributed by atoms with Crippen molar-refractivity contribution in [1.29, 1.82) is 0 Å². The molecular formula is C38H68O5Si. The second kappa shape index (κ2) is 17.3. The van der Waals surface area contributed by atoms with Crippen molar-refractivity contribution in [2.75, 3.05) is 34.4 Å². The van der Waals surface area contributed by atoms with Gasteiger partial charge in [-0.05, 0) is 98.6 Å². The Morgan fingerprint density at radius 2 is 1.70 bits per heavy atom. The highest BCUT2D eigenvalue weighted by molar-refractivity contribution is 6.74. The second-order valence-electron chi connectivity index (χ2n) is 15.8. The van der Waals surface area contributed by atoms with E-state index < -0.39 is 13.9 Å². The zero-order valence-corrected chi connectivity index (χ0v) is 31.6. The minimum absolute atomic E-state index is 0.0626. The molecule has 0 radical (unpaired) electrons. The Hall–Kier alpha value is -0.943. The van der Waals surface area contributed by atoms with Gasteiger partial charge in [-0.3, -0.25) is 0 Å².